The van der Waals surface area contributed by atoms with E-state index < -0.39 is 0 Å². The summed E-state index contributed by atoms with van der Waals surface area (Å²) in [6, 6.07) is 12.4. The van der Waals surface area contributed by atoms with E-state index in [-0.39, 0.29) is 5.38 Å². The van der Waals surface area contributed by atoms with Crippen LogP contribution in [-0.2, 0) is 11.2 Å². The Hall–Kier alpha value is -1.12. The van der Waals surface area contributed by atoms with Crippen molar-refractivity contribution in [2.75, 3.05) is 6.61 Å². The highest BCUT2D eigenvalue weighted by molar-refractivity contribution is 6.20. The lowest BCUT2D eigenvalue weighted by Crippen LogP contribution is -2.33. The van der Waals surface area contributed by atoms with Crippen molar-refractivity contribution in [3.8, 4) is 0 Å². The van der Waals surface area contributed by atoms with Crippen LogP contribution < -0.4 is 0 Å². The van der Waals surface area contributed by atoms with Crippen molar-refractivity contribution >= 4 is 22.5 Å². The van der Waals surface area contributed by atoms with E-state index in [4.69, 9.17) is 21.3 Å². The molecule has 1 heterocycles. The van der Waals surface area contributed by atoms with E-state index in [2.05, 4.69) is 31.2 Å². The molecular weight excluding hydrogens is 282 g/mol. The number of alkyl halides is 1. The molecule has 2 aromatic rings. The first kappa shape index (κ1) is 14.8. The molecule has 3 rings (SSSR count). The van der Waals surface area contributed by atoms with Crippen molar-refractivity contribution in [1.82, 2.24) is 4.98 Å². The number of halogens is 1. The lowest BCUT2D eigenvalue weighted by molar-refractivity contribution is -0.0266. The van der Waals surface area contributed by atoms with Gasteiger partial charge < -0.3 is 4.74 Å². The molecule has 1 unspecified atom stereocenters. The smallest absolute Gasteiger partial charge is 0.0705 e. The molecule has 1 aromatic carbocycles. The van der Waals surface area contributed by atoms with Crippen LogP contribution in [0.2, 0.25) is 0 Å². The highest BCUT2D eigenvalue weighted by Crippen LogP contribution is 2.35. The van der Waals surface area contributed by atoms with Crippen molar-refractivity contribution < 1.29 is 4.74 Å². The molecule has 0 N–H and O–H groups in total. The van der Waals surface area contributed by atoms with E-state index in [9.17, 15) is 0 Å². The standard InChI is InChI=1S/C18H22ClNO/c1-2-21-17-10-13(11-17)9-15(19)12-16-8-7-14-5-3-4-6-18(14)20-16/h3-8,13,15,17H,2,9-12H2,1H3. The maximum Gasteiger partial charge on any atom is 0.0705 e. The minimum atomic E-state index is 0.172. The van der Waals surface area contributed by atoms with Gasteiger partial charge in [-0.2, -0.15) is 0 Å². The number of fused-ring (bicyclic) bond motifs is 1. The maximum atomic E-state index is 6.52. The van der Waals surface area contributed by atoms with Gasteiger partial charge in [-0.1, -0.05) is 24.3 Å². The van der Waals surface area contributed by atoms with E-state index in [1.165, 1.54) is 18.2 Å². The second-order valence-corrected chi connectivity index (χ2v) is 6.56. The van der Waals surface area contributed by atoms with Gasteiger partial charge in [-0.05, 0) is 44.2 Å². The Bertz CT molecular complexity index is 595. The lowest BCUT2D eigenvalue weighted by Gasteiger charge is -2.36. The number of nitrogens with zero attached hydrogens (tertiary/aromatic N) is 1. The predicted octanol–water partition coefficient (Wildman–Crippen LogP) is 4.59. The fourth-order valence-corrected chi connectivity index (χ4v) is 3.54. The zero-order chi connectivity index (χ0) is 14.7. The van der Waals surface area contributed by atoms with Crippen LogP contribution in [-0.4, -0.2) is 23.1 Å². The number of ether oxygens (including phenoxy) is 1. The summed E-state index contributed by atoms with van der Waals surface area (Å²) in [4.78, 5) is 4.70. The van der Waals surface area contributed by atoms with Crippen LogP contribution in [0.25, 0.3) is 10.9 Å². The number of rotatable bonds is 6. The van der Waals surface area contributed by atoms with E-state index >= 15 is 0 Å². The van der Waals surface area contributed by atoms with Gasteiger partial charge in [0.15, 0.2) is 0 Å². The predicted molar refractivity (Wildman–Crippen MR) is 87.8 cm³/mol. The summed E-state index contributed by atoms with van der Waals surface area (Å²) >= 11 is 6.52. The summed E-state index contributed by atoms with van der Waals surface area (Å²) in [7, 11) is 0. The fourth-order valence-electron chi connectivity index (χ4n) is 3.13. The van der Waals surface area contributed by atoms with Crippen LogP contribution in [0.1, 0.15) is 31.9 Å². The summed E-state index contributed by atoms with van der Waals surface area (Å²) < 4.78 is 5.60. The van der Waals surface area contributed by atoms with E-state index in [0.29, 0.717) is 6.10 Å². The van der Waals surface area contributed by atoms with E-state index in [1.54, 1.807) is 0 Å². The number of para-hydroxylation sites is 1. The first-order chi connectivity index (χ1) is 10.2. The Balaban J connectivity index is 1.53. The second-order valence-electron chi connectivity index (χ2n) is 5.95. The molecule has 21 heavy (non-hydrogen) atoms. The van der Waals surface area contributed by atoms with E-state index in [1.807, 2.05) is 12.1 Å². The molecule has 3 heteroatoms. The Morgan fingerprint density at radius 1 is 1.24 bits per heavy atom. The van der Waals surface area contributed by atoms with Crippen molar-refractivity contribution in [3.63, 3.8) is 0 Å². The quantitative estimate of drug-likeness (QED) is 0.728. The normalized spacial score (nSPS) is 23.0. The molecule has 2 nitrogen and oxygen atoms in total. The van der Waals surface area contributed by atoms with Gasteiger partial charge in [0.1, 0.15) is 0 Å². The number of pyridine rings is 1. The number of aromatic nitrogens is 1. The zero-order valence-electron chi connectivity index (χ0n) is 12.5. The maximum absolute atomic E-state index is 6.52. The Labute approximate surface area is 131 Å². The van der Waals surface area contributed by atoms with Crippen molar-refractivity contribution in [3.05, 3.63) is 42.1 Å². The van der Waals surface area contributed by atoms with Gasteiger partial charge in [-0.15, -0.1) is 11.6 Å². The molecule has 0 spiro atoms. The summed E-state index contributed by atoms with van der Waals surface area (Å²) in [5.41, 5.74) is 2.15. The molecule has 0 aliphatic heterocycles. The molecule has 1 aliphatic rings. The molecule has 0 bridgehead atoms. The molecule has 1 aromatic heterocycles. The third-order valence-electron chi connectivity index (χ3n) is 4.27. The summed E-state index contributed by atoms with van der Waals surface area (Å²) in [5, 5.41) is 1.36. The fraction of sp³-hybridized carbons (Fsp3) is 0.500. The minimum absolute atomic E-state index is 0.172. The highest BCUT2D eigenvalue weighted by atomic mass is 35.5. The van der Waals surface area contributed by atoms with Crippen LogP contribution in [0.3, 0.4) is 0 Å². The molecular formula is C18H22ClNO. The number of benzene rings is 1. The van der Waals surface area contributed by atoms with Gasteiger partial charge in [0.2, 0.25) is 0 Å². The molecule has 0 saturated heterocycles. The summed E-state index contributed by atoms with van der Waals surface area (Å²) in [6.07, 6.45) is 4.73. The van der Waals surface area contributed by atoms with Crippen LogP contribution in [0.4, 0.5) is 0 Å². The highest BCUT2D eigenvalue weighted by Gasteiger charge is 2.30. The zero-order valence-corrected chi connectivity index (χ0v) is 13.2. The number of hydrogen-bond donors (Lipinski definition) is 0. The van der Waals surface area contributed by atoms with Crippen molar-refractivity contribution in [1.29, 1.82) is 0 Å². The molecule has 0 radical (unpaired) electrons. The van der Waals surface area contributed by atoms with Crippen molar-refractivity contribution in [2.45, 2.75) is 44.1 Å². The molecule has 1 fully saturated rings. The van der Waals surface area contributed by atoms with Crippen LogP contribution in [0.15, 0.2) is 36.4 Å². The Morgan fingerprint density at radius 3 is 2.86 bits per heavy atom. The third kappa shape index (κ3) is 3.75. The van der Waals surface area contributed by atoms with Gasteiger partial charge >= 0.3 is 0 Å². The third-order valence-corrected chi connectivity index (χ3v) is 4.60. The lowest BCUT2D eigenvalue weighted by atomic mass is 9.79. The van der Waals surface area contributed by atoms with Gasteiger partial charge in [0.25, 0.3) is 0 Å². The monoisotopic (exact) mass is 303 g/mol. The van der Waals surface area contributed by atoms with Gasteiger partial charge in [-0.25, -0.2) is 0 Å². The first-order valence-corrected chi connectivity index (χ1v) is 8.28. The number of hydrogen-bond acceptors (Lipinski definition) is 2. The van der Waals surface area contributed by atoms with Crippen LogP contribution in [0.5, 0.6) is 0 Å². The average molecular weight is 304 g/mol. The summed E-state index contributed by atoms with van der Waals surface area (Å²) in [5.74, 6) is 0.726. The van der Waals surface area contributed by atoms with Gasteiger partial charge in [0, 0.05) is 29.5 Å². The van der Waals surface area contributed by atoms with Crippen LogP contribution in [0, 0.1) is 5.92 Å². The molecule has 0 amide bonds. The topological polar surface area (TPSA) is 22.1 Å². The van der Waals surface area contributed by atoms with Crippen molar-refractivity contribution in [2.24, 2.45) is 5.92 Å². The Kier molecular flexibility index (Phi) is 4.77. The molecule has 1 saturated carbocycles. The SMILES string of the molecule is CCOC1CC(CC(Cl)Cc2ccc3ccccc3n2)C1. The van der Waals surface area contributed by atoms with Gasteiger partial charge in [-0.3, -0.25) is 4.98 Å². The average Bonchev–Trinajstić information content (AvgIpc) is 2.45. The second kappa shape index (κ2) is 6.76. The first-order valence-electron chi connectivity index (χ1n) is 7.85. The van der Waals surface area contributed by atoms with E-state index in [0.717, 1.165) is 36.6 Å². The Morgan fingerprint density at radius 2 is 2.05 bits per heavy atom. The van der Waals surface area contributed by atoms with Gasteiger partial charge in [0.05, 0.1) is 11.6 Å². The largest absolute Gasteiger partial charge is 0.378 e. The molecule has 1 aliphatic carbocycles. The minimum Gasteiger partial charge on any atom is -0.378 e. The molecule has 1 atom stereocenters. The van der Waals surface area contributed by atoms with Crippen LogP contribution >= 0.6 is 11.6 Å². The summed E-state index contributed by atoms with van der Waals surface area (Å²) in [6.45, 7) is 2.88. The molecule has 112 valence electrons.